The zero-order valence-electron chi connectivity index (χ0n) is 15.6. The van der Waals surface area contributed by atoms with E-state index >= 15 is 0 Å². The maximum atomic E-state index is 12.6. The molecule has 138 valence electrons. The summed E-state index contributed by atoms with van der Waals surface area (Å²) >= 11 is 6.25. The van der Waals surface area contributed by atoms with Gasteiger partial charge in [-0.2, -0.15) is 0 Å². The monoisotopic (exact) mass is 373 g/mol. The number of nitrogens with zero attached hydrogens (tertiary/aromatic N) is 2. The van der Waals surface area contributed by atoms with Crippen molar-refractivity contribution >= 4 is 29.1 Å². The number of carbonyl (C=O) groups excluding carboxylic acids is 2. The number of hydrogen-bond donors (Lipinski definition) is 1. The summed E-state index contributed by atoms with van der Waals surface area (Å²) in [6.07, 6.45) is 4.86. The van der Waals surface area contributed by atoms with E-state index in [0.717, 1.165) is 24.0 Å². The molecule has 0 aliphatic heterocycles. The Balaban J connectivity index is 2.19. The average Bonchev–Trinajstić information content (AvgIpc) is 2.61. The van der Waals surface area contributed by atoms with Crippen molar-refractivity contribution in [2.24, 2.45) is 0 Å². The summed E-state index contributed by atoms with van der Waals surface area (Å²) < 4.78 is 0. The SMILES string of the molecule is CCCCN(C)C(=O)c1cncc(C(=O)Nc2c(C)cc(C)cc2Cl)c1. The zero-order valence-corrected chi connectivity index (χ0v) is 16.4. The molecule has 0 bridgehead atoms. The van der Waals surface area contributed by atoms with Gasteiger partial charge in [-0.15, -0.1) is 0 Å². The predicted octanol–water partition coefficient (Wildman–Crippen LogP) is 4.48. The molecule has 2 aromatic rings. The summed E-state index contributed by atoms with van der Waals surface area (Å²) in [6.45, 7) is 6.57. The quantitative estimate of drug-likeness (QED) is 0.812. The van der Waals surface area contributed by atoms with Gasteiger partial charge in [-0.3, -0.25) is 14.6 Å². The van der Waals surface area contributed by atoms with Crippen LogP contribution >= 0.6 is 11.6 Å². The number of halogens is 1. The van der Waals surface area contributed by atoms with Gasteiger partial charge in [0.15, 0.2) is 0 Å². The van der Waals surface area contributed by atoms with Gasteiger partial charge in [0, 0.05) is 26.0 Å². The van der Waals surface area contributed by atoms with Crippen molar-refractivity contribution in [1.29, 1.82) is 0 Å². The fourth-order valence-electron chi connectivity index (χ4n) is 2.66. The number of rotatable bonds is 6. The molecule has 1 aromatic heterocycles. The first-order valence-electron chi connectivity index (χ1n) is 8.62. The number of amides is 2. The van der Waals surface area contributed by atoms with Crippen LogP contribution < -0.4 is 5.32 Å². The molecule has 1 N–H and O–H groups in total. The predicted molar refractivity (Wildman–Crippen MR) is 105 cm³/mol. The number of benzene rings is 1. The lowest BCUT2D eigenvalue weighted by Crippen LogP contribution is -2.28. The van der Waals surface area contributed by atoms with Gasteiger partial charge in [0.05, 0.1) is 21.8 Å². The fraction of sp³-hybridized carbons (Fsp3) is 0.350. The molecule has 2 amide bonds. The van der Waals surface area contributed by atoms with Crippen LogP contribution in [-0.2, 0) is 0 Å². The number of aromatic nitrogens is 1. The Morgan fingerprint density at radius 1 is 1.15 bits per heavy atom. The molecule has 5 nitrogen and oxygen atoms in total. The van der Waals surface area contributed by atoms with E-state index in [1.165, 1.54) is 12.4 Å². The number of aryl methyl sites for hydroxylation is 2. The minimum absolute atomic E-state index is 0.148. The van der Waals surface area contributed by atoms with Crippen molar-refractivity contribution in [3.8, 4) is 0 Å². The lowest BCUT2D eigenvalue weighted by atomic mass is 10.1. The number of pyridine rings is 1. The van der Waals surface area contributed by atoms with E-state index in [-0.39, 0.29) is 11.8 Å². The minimum Gasteiger partial charge on any atom is -0.342 e. The first-order valence-corrected chi connectivity index (χ1v) is 9.00. The number of unbranched alkanes of at least 4 members (excludes halogenated alkanes) is 1. The Morgan fingerprint density at radius 3 is 2.50 bits per heavy atom. The third kappa shape index (κ3) is 4.82. The summed E-state index contributed by atoms with van der Waals surface area (Å²) in [6, 6.07) is 5.30. The average molecular weight is 374 g/mol. The molecule has 26 heavy (non-hydrogen) atoms. The minimum atomic E-state index is -0.350. The summed E-state index contributed by atoms with van der Waals surface area (Å²) in [4.78, 5) is 30.7. The summed E-state index contributed by atoms with van der Waals surface area (Å²) in [5.41, 5.74) is 3.18. The topological polar surface area (TPSA) is 62.3 Å². The molecule has 0 saturated carbocycles. The van der Waals surface area contributed by atoms with Crippen LogP contribution in [0.3, 0.4) is 0 Å². The second-order valence-electron chi connectivity index (χ2n) is 6.44. The standard InChI is InChI=1S/C20H24ClN3O2/c1-5-6-7-24(4)20(26)16-10-15(11-22-12-16)19(25)23-18-14(3)8-13(2)9-17(18)21/h8-12H,5-7H2,1-4H3,(H,23,25). The van der Waals surface area contributed by atoms with Gasteiger partial charge in [-0.05, 0) is 43.5 Å². The van der Waals surface area contributed by atoms with Crippen LogP contribution in [0.25, 0.3) is 0 Å². The largest absolute Gasteiger partial charge is 0.342 e. The maximum absolute atomic E-state index is 12.6. The zero-order chi connectivity index (χ0) is 19.3. The molecule has 0 aliphatic carbocycles. The van der Waals surface area contributed by atoms with E-state index in [4.69, 9.17) is 11.6 Å². The van der Waals surface area contributed by atoms with Crippen LogP contribution in [0.5, 0.6) is 0 Å². The third-order valence-electron chi connectivity index (χ3n) is 4.11. The summed E-state index contributed by atoms with van der Waals surface area (Å²) in [5.74, 6) is -0.498. The molecule has 0 saturated heterocycles. The molecule has 2 rings (SSSR count). The molecular formula is C20H24ClN3O2. The Kier molecular flexibility index (Phi) is 6.75. The smallest absolute Gasteiger partial charge is 0.257 e. The van der Waals surface area contributed by atoms with Crippen molar-refractivity contribution in [3.63, 3.8) is 0 Å². The molecule has 1 aromatic carbocycles. The van der Waals surface area contributed by atoms with Crippen molar-refractivity contribution < 1.29 is 9.59 Å². The van der Waals surface area contributed by atoms with E-state index in [1.807, 2.05) is 19.9 Å². The number of hydrogen-bond acceptors (Lipinski definition) is 3. The highest BCUT2D eigenvalue weighted by molar-refractivity contribution is 6.34. The van der Waals surface area contributed by atoms with Gasteiger partial charge in [0.1, 0.15) is 0 Å². The normalized spacial score (nSPS) is 10.5. The Labute approximate surface area is 159 Å². The first kappa shape index (κ1) is 19.9. The summed E-state index contributed by atoms with van der Waals surface area (Å²) in [7, 11) is 1.75. The highest BCUT2D eigenvalue weighted by atomic mass is 35.5. The highest BCUT2D eigenvalue weighted by Crippen LogP contribution is 2.27. The Morgan fingerprint density at radius 2 is 1.85 bits per heavy atom. The molecule has 0 radical (unpaired) electrons. The highest BCUT2D eigenvalue weighted by Gasteiger charge is 2.16. The third-order valence-corrected chi connectivity index (χ3v) is 4.41. The molecule has 1 heterocycles. The van der Waals surface area contributed by atoms with Gasteiger partial charge in [0.25, 0.3) is 11.8 Å². The lowest BCUT2D eigenvalue weighted by molar-refractivity contribution is 0.0793. The van der Waals surface area contributed by atoms with Gasteiger partial charge in [-0.1, -0.05) is 31.0 Å². The second-order valence-corrected chi connectivity index (χ2v) is 6.84. The molecule has 0 aliphatic rings. The fourth-order valence-corrected chi connectivity index (χ4v) is 3.03. The van der Waals surface area contributed by atoms with Crippen LogP contribution in [0.2, 0.25) is 5.02 Å². The molecule has 0 spiro atoms. The Hall–Kier alpha value is -2.40. The second kappa shape index (κ2) is 8.81. The van der Waals surface area contributed by atoms with Crippen molar-refractivity contribution in [2.45, 2.75) is 33.6 Å². The van der Waals surface area contributed by atoms with Crippen LogP contribution in [0.1, 0.15) is 51.6 Å². The van der Waals surface area contributed by atoms with E-state index in [2.05, 4.69) is 17.2 Å². The molecule has 0 unspecified atom stereocenters. The Bertz CT molecular complexity index is 797. The van der Waals surface area contributed by atoms with E-state index in [9.17, 15) is 9.59 Å². The van der Waals surface area contributed by atoms with E-state index in [1.54, 1.807) is 24.1 Å². The van der Waals surface area contributed by atoms with Crippen LogP contribution in [0.15, 0.2) is 30.6 Å². The molecular weight excluding hydrogens is 350 g/mol. The van der Waals surface area contributed by atoms with Crippen LogP contribution in [0, 0.1) is 13.8 Å². The van der Waals surface area contributed by atoms with Crippen molar-refractivity contribution in [1.82, 2.24) is 9.88 Å². The van der Waals surface area contributed by atoms with Gasteiger partial charge < -0.3 is 10.2 Å². The van der Waals surface area contributed by atoms with E-state index < -0.39 is 0 Å². The summed E-state index contributed by atoms with van der Waals surface area (Å²) in [5, 5.41) is 3.30. The first-order chi connectivity index (χ1) is 12.3. The van der Waals surface area contributed by atoms with Crippen LogP contribution in [0.4, 0.5) is 5.69 Å². The van der Waals surface area contributed by atoms with Crippen LogP contribution in [-0.4, -0.2) is 35.3 Å². The van der Waals surface area contributed by atoms with E-state index in [0.29, 0.717) is 28.4 Å². The van der Waals surface area contributed by atoms with Gasteiger partial charge >= 0.3 is 0 Å². The number of nitrogens with one attached hydrogen (secondary N) is 1. The van der Waals surface area contributed by atoms with Crippen molar-refractivity contribution in [3.05, 3.63) is 57.9 Å². The molecule has 0 atom stereocenters. The van der Waals surface area contributed by atoms with Gasteiger partial charge in [-0.25, -0.2) is 0 Å². The number of anilines is 1. The van der Waals surface area contributed by atoms with Crippen molar-refractivity contribution in [2.75, 3.05) is 18.9 Å². The lowest BCUT2D eigenvalue weighted by Gasteiger charge is -2.17. The van der Waals surface area contributed by atoms with Gasteiger partial charge in [0.2, 0.25) is 0 Å². The molecule has 0 fully saturated rings. The maximum Gasteiger partial charge on any atom is 0.257 e. The number of carbonyl (C=O) groups is 2. The molecule has 6 heteroatoms.